The molecule has 40 heavy (non-hydrogen) atoms. The first-order valence-electron chi connectivity index (χ1n) is 12.7. The maximum absolute atomic E-state index is 13.9. The van der Waals surface area contributed by atoms with Gasteiger partial charge >= 0.3 is 0 Å². The van der Waals surface area contributed by atoms with E-state index in [-0.39, 0.29) is 29.1 Å². The van der Waals surface area contributed by atoms with Crippen molar-refractivity contribution in [3.63, 3.8) is 0 Å². The van der Waals surface area contributed by atoms with Gasteiger partial charge in [-0.3, -0.25) is 13.9 Å². The number of amides is 2. The van der Waals surface area contributed by atoms with Gasteiger partial charge in [-0.05, 0) is 86.5 Å². The van der Waals surface area contributed by atoms with E-state index in [0.29, 0.717) is 22.8 Å². The molecule has 3 rings (SSSR count). The van der Waals surface area contributed by atoms with Gasteiger partial charge in [0.1, 0.15) is 24.2 Å². The van der Waals surface area contributed by atoms with Crippen LogP contribution in [0.1, 0.15) is 32.8 Å². The van der Waals surface area contributed by atoms with Crippen LogP contribution in [0, 0.1) is 5.82 Å². The van der Waals surface area contributed by atoms with E-state index in [0.717, 1.165) is 16.4 Å². The van der Waals surface area contributed by atoms with E-state index in [1.54, 1.807) is 31.2 Å². The fraction of sp³-hybridized carbons (Fsp3) is 0.310. The fourth-order valence-electron chi connectivity index (χ4n) is 3.89. The highest BCUT2D eigenvalue weighted by molar-refractivity contribution is 7.92. The molecular weight excluding hydrogens is 557 g/mol. The summed E-state index contributed by atoms with van der Waals surface area (Å²) < 4.78 is 47.3. The summed E-state index contributed by atoms with van der Waals surface area (Å²) in [5.41, 5.74) is 0.750. The van der Waals surface area contributed by atoms with Crippen molar-refractivity contribution in [1.29, 1.82) is 0 Å². The lowest BCUT2D eigenvalue weighted by Crippen LogP contribution is -2.52. The van der Waals surface area contributed by atoms with E-state index < -0.39 is 34.3 Å². The molecule has 0 radical (unpaired) electrons. The highest BCUT2D eigenvalue weighted by atomic mass is 35.5. The zero-order valence-corrected chi connectivity index (χ0v) is 24.4. The standard InChI is InChI=1S/C29H33ClFN3O5S/c1-5-20(2)32-29(36)21(3)33(18-22-7-6-8-23(30)17-22)28(35)19-34(25-11-9-24(31)10-12-25)40(37,38)27-15-13-26(39-4)14-16-27/h6-17,20-21H,5,18-19H2,1-4H3,(H,32,36)/t20-,21-/m0/s1. The highest BCUT2D eigenvalue weighted by Gasteiger charge is 2.33. The topological polar surface area (TPSA) is 96.0 Å². The number of nitrogens with one attached hydrogen (secondary N) is 1. The molecule has 0 unspecified atom stereocenters. The lowest BCUT2D eigenvalue weighted by molar-refractivity contribution is -0.139. The normalized spacial score (nSPS) is 12.8. The number of ether oxygens (including phenoxy) is 1. The van der Waals surface area contributed by atoms with Crippen LogP contribution >= 0.6 is 11.6 Å². The zero-order chi connectivity index (χ0) is 29.4. The van der Waals surface area contributed by atoms with Gasteiger partial charge in [0.2, 0.25) is 11.8 Å². The quantitative estimate of drug-likeness (QED) is 0.320. The summed E-state index contributed by atoms with van der Waals surface area (Å²) in [5.74, 6) is -1.11. The second kappa shape index (κ2) is 13.6. The first-order valence-corrected chi connectivity index (χ1v) is 14.5. The van der Waals surface area contributed by atoms with E-state index >= 15 is 0 Å². The number of anilines is 1. The number of hydrogen-bond acceptors (Lipinski definition) is 5. The van der Waals surface area contributed by atoms with Gasteiger partial charge in [-0.1, -0.05) is 30.7 Å². The number of carbonyl (C=O) groups excluding carboxylic acids is 2. The molecule has 11 heteroatoms. The van der Waals surface area contributed by atoms with E-state index in [2.05, 4.69) is 5.32 Å². The number of rotatable bonds is 12. The summed E-state index contributed by atoms with van der Waals surface area (Å²) >= 11 is 6.15. The van der Waals surface area contributed by atoms with Crippen LogP contribution in [0.4, 0.5) is 10.1 Å². The Hall–Kier alpha value is -3.63. The Morgan fingerprint density at radius 3 is 2.25 bits per heavy atom. The maximum Gasteiger partial charge on any atom is 0.264 e. The molecule has 2 atom stereocenters. The van der Waals surface area contributed by atoms with Gasteiger partial charge in [0, 0.05) is 17.6 Å². The Balaban J connectivity index is 2.02. The number of carbonyl (C=O) groups is 2. The van der Waals surface area contributed by atoms with Crippen LogP contribution in [0.5, 0.6) is 5.75 Å². The molecule has 0 fully saturated rings. The fourth-order valence-corrected chi connectivity index (χ4v) is 5.52. The van der Waals surface area contributed by atoms with Gasteiger partial charge in [-0.2, -0.15) is 0 Å². The second-order valence-corrected chi connectivity index (χ2v) is 11.6. The first kappa shape index (κ1) is 30.9. The maximum atomic E-state index is 13.9. The number of hydrogen-bond donors (Lipinski definition) is 1. The molecule has 0 aliphatic rings. The molecule has 8 nitrogen and oxygen atoms in total. The Morgan fingerprint density at radius 2 is 1.68 bits per heavy atom. The molecular formula is C29H33ClFN3O5S. The summed E-state index contributed by atoms with van der Waals surface area (Å²) in [5, 5.41) is 3.33. The molecule has 0 aliphatic heterocycles. The van der Waals surface area contributed by atoms with Gasteiger partial charge in [-0.15, -0.1) is 0 Å². The van der Waals surface area contributed by atoms with Crippen molar-refractivity contribution >= 4 is 39.1 Å². The lowest BCUT2D eigenvalue weighted by atomic mass is 10.1. The van der Waals surface area contributed by atoms with Crippen LogP contribution in [0.3, 0.4) is 0 Å². The number of sulfonamides is 1. The van der Waals surface area contributed by atoms with Crippen molar-refractivity contribution in [3.05, 3.63) is 89.2 Å². The van der Waals surface area contributed by atoms with E-state index in [9.17, 15) is 22.4 Å². The Kier molecular flexibility index (Phi) is 10.5. The van der Waals surface area contributed by atoms with Crippen LogP contribution in [-0.2, 0) is 26.2 Å². The minimum atomic E-state index is -4.28. The van der Waals surface area contributed by atoms with Crippen LogP contribution in [0.25, 0.3) is 0 Å². The predicted molar refractivity (Wildman–Crippen MR) is 153 cm³/mol. The molecule has 1 N–H and O–H groups in total. The SMILES string of the molecule is CC[C@H](C)NC(=O)[C@H](C)N(Cc1cccc(Cl)c1)C(=O)CN(c1ccc(F)cc1)S(=O)(=O)c1ccc(OC)cc1. The van der Waals surface area contributed by atoms with Gasteiger partial charge < -0.3 is 15.0 Å². The molecule has 2 amide bonds. The summed E-state index contributed by atoms with van der Waals surface area (Å²) in [6.07, 6.45) is 0.694. The second-order valence-electron chi connectivity index (χ2n) is 9.31. The lowest BCUT2D eigenvalue weighted by Gasteiger charge is -2.32. The minimum absolute atomic E-state index is 0.00826. The molecule has 0 spiro atoms. The zero-order valence-electron chi connectivity index (χ0n) is 22.8. The Bertz CT molecular complexity index is 1420. The number of benzene rings is 3. The van der Waals surface area contributed by atoms with Gasteiger partial charge in [0.25, 0.3) is 10.0 Å². The van der Waals surface area contributed by atoms with Crippen LogP contribution in [0.15, 0.2) is 77.7 Å². The Morgan fingerprint density at radius 1 is 1.02 bits per heavy atom. The largest absolute Gasteiger partial charge is 0.497 e. The summed E-state index contributed by atoms with van der Waals surface area (Å²) in [4.78, 5) is 28.2. The molecule has 3 aromatic rings. The predicted octanol–water partition coefficient (Wildman–Crippen LogP) is 5.02. The number of nitrogens with zero attached hydrogens (tertiary/aromatic N) is 2. The molecule has 0 aliphatic carbocycles. The molecule has 214 valence electrons. The third-order valence-corrected chi connectivity index (χ3v) is 8.47. The Labute approximate surface area is 239 Å². The van der Waals surface area contributed by atoms with Gasteiger partial charge in [0.05, 0.1) is 17.7 Å². The van der Waals surface area contributed by atoms with Gasteiger partial charge in [-0.25, -0.2) is 12.8 Å². The van der Waals surface area contributed by atoms with Crippen LogP contribution in [0.2, 0.25) is 5.02 Å². The molecule has 0 bridgehead atoms. The minimum Gasteiger partial charge on any atom is -0.497 e. The van der Waals surface area contributed by atoms with E-state index in [4.69, 9.17) is 16.3 Å². The van der Waals surface area contributed by atoms with E-state index in [1.807, 2.05) is 13.8 Å². The highest BCUT2D eigenvalue weighted by Crippen LogP contribution is 2.26. The number of halogens is 2. The van der Waals surface area contributed by atoms with Crippen LogP contribution in [-0.4, -0.2) is 50.9 Å². The summed E-state index contributed by atoms with van der Waals surface area (Å²) in [6.45, 7) is 4.73. The van der Waals surface area contributed by atoms with Crippen molar-refractivity contribution in [1.82, 2.24) is 10.2 Å². The van der Waals surface area contributed by atoms with Crippen molar-refractivity contribution in [2.24, 2.45) is 0 Å². The molecule has 0 saturated heterocycles. The van der Waals surface area contributed by atoms with Gasteiger partial charge in [0.15, 0.2) is 0 Å². The average molecular weight is 590 g/mol. The smallest absolute Gasteiger partial charge is 0.264 e. The van der Waals surface area contributed by atoms with Crippen molar-refractivity contribution in [3.8, 4) is 5.75 Å². The molecule has 0 heterocycles. The average Bonchev–Trinajstić information content (AvgIpc) is 2.94. The molecule has 0 aromatic heterocycles. The van der Waals surface area contributed by atoms with Crippen molar-refractivity contribution in [2.45, 2.75) is 50.7 Å². The van der Waals surface area contributed by atoms with Crippen molar-refractivity contribution < 1.29 is 27.1 Å². The number of methoxy groups -OCH3 is 1. The molecule has 3 aromatic carbocycles. The van der Waals surface area contributed by atoms with Crippen molar-refractivity contribution in [2.75, 3.05) is 18.0 Å². The van der Waals surface area contributed by atoms with E-state index in [1.165, 1.54) is 48.4 Å². The summed E-state index contributed by atoms with van der Waals surface area (Å²) in [7, 11) is -2.82. The summed E-state index contributed by atoms with van der Waals surface area (Å²) in [6, 6.07) is 16.3. The monoisotopic (exact) mass is 589 g/mol. The third-order valence-electron chi connectivity index (χ3n) is 6.45. The first-order chi connectivity index (χ1) is 19.0. The third kappa shape index (κ3) is 7.73. The van der Waals surface area contributed by atoms with Crippen LogP contribution < -0.4 is 14.4 Å². The molecule has 0 saturated carbocycles.